The summed E-state index contributed by atoms with van der Waals surface area (Å²) in [5.41, 5.74) is 5.49. The second kappa shape index (κ2) is 7.01. The Bertz CT molecular complexity index is 658. The molecule has 1 aromatic carbocycles. The lowest BCUT2D eigenvalue weighted by Crippen LogP contribution is -2.26. The van der Waals surface area contributed by atoms with Crippen molar-refractivity contribution in [1.82, 2.24) is 0 Å². The van der Waals surface area contributed by atoms with Gasteiger partial charge in [-0.2, -0.15) is 0 Å². The van der Waals surface area contributed by atoms with E-state index >= 15 is 4.39 Å². The van der Waals surface area contributed by atoms with Gasteiger partial charge in [0.05, 0.1) is 39.8 Å². The average Bonchev–Trinajstić information content (AvgIpc) is 3.39. The Hall–Kier alpha value is -1.12. The first-order chi connectivity index (χ1) is 11.4. The van der Waals surface area contributed by atoms with E-state index in [9.17, 15) is 9.18 Å². The van der Waals surface area contributed by atoms with Crippen LogP contribution in [-0.4, -0.2) is 17.9 Å². The fourth-order valence-corrected chi connectivity index (χ4v) is 4.33. The second-order valence-corrected chi connectivity index (χ2v) is 7.76. The summed E-state index contributed by atoms with van der Waals surface area (Å²) in [4.78, 5) is 12.0. The molecular formula is C17H22F2IN3O. The largest absolute Gasteiger partial charge is 0.396 e. The van der Waals surface area contributed by atoms with E-state index in [1.165, 1.54) is 6.92 Å². The minimum atomic E-state index is -0.854. The molecule has 0 aliphatic heterocycles. The van der Waals surface area contributed by atoms with Crippen LogP contribution in [0.25, 0.3) is 0 Å². The molecule has 7 heteroatoms. The summed E-state index contributed by atoms with van der Waals surface area (Å²) in [6, 6.07) is 0.215. The molecule has 0 saturated heterocycles. The van der Waals surface area contributed by atoms with E-state index in [1.807, 2.05) is 22.9 Å². The maximum atomic E-state index is 15.2. The van der Waals surface area contributed by atoms with E-state index in [4.69, 9.17) is 5.73 Å². The number of benzene rings is 1. The number of rotatable bonds is 5. The fraction of sp³-hybridized carbons (Fsp3) is 0.588. The Morgan fingerprint density at radius 1 is 1.17 bits per heavy atom. The van der Waals surface area contributed by atoms with Crippen LogP contribution >= 0.6 is 22.9 Å². The number of nitrogens with two attached hydrogens (primary N) is 1. The van der Waals surface area contributed by atoms with Crippen LogP contribution in [0.2, 0.25) is 0 Å². The number of ketones is 1. The lowest BCUT2D eigenvalue weighted by atomic mass is 9.95. The highest BCUT2D eigenvalue weighted by Gasteiger charge is 2.35. The first-order valence-corrected chi connectivity index (χ1v) is 9.41. The number of nitrogen functional groups attached to an aromatic ring is 1. The molecule has 2 aliphatic rings. The topological polar surface area (TPSA) is 58.4 Å². The highest BCUT2D eigenvalue weighted by Crippen LogP contribution is 2.44. The van der Waals surface area contributed by atoms with Gasteiger partial charge >= 0.3 is 0 Å². The average molecular weight is 449 g/mol. The molecule has 0 spiro atoms. The maximum Gasteiger partial charge on any atom is 0.174 e. The van der Waals surface area contributed by atoms with Gasteiger partial charge in [0, 0.05) is 12.1 Å². The zero-order valence-electron chi connectivity index (χ0n) is 13.7. The smallest absolute Gasteiger partial charge is 0.174 e. The van der Waals surface area contributed by atoms with Gasteiger partial charge in [0.25, 0.3) is 0 Å². The van der Waals surface area contributed by atoms with E-state index < -0.39 is 17.4 Å². The van der Waals surface area contributed by atoms with Gasteiger partial charge in [0.2, 0.25) is 0 Å². The molecule has 4 nitrogen and oxygen atoms in total. The van der Waals surface area contributed by atoms with E-state index in [-0.39, 0.29) is 34.7 Å². The zero-order valence-corrected chi connectivity index (χ0v) is 15.8. The number of Topliss-reactive ketones (excluding diaryl/α,β-unsaturated/α-hetero) is 1. The summed E-state index contributed by atoms with van der Waals surface area (Å²) in [6.07, 6.45) is 6.90. The number of carbonyl (C=O) groups excluding carboxylic acids is 1. The number of carbonyl (C=O) groups is 1. The molecule has 0 aromatic heterocycles. The predicted octanol–water partition coefficient (Wildman–Crippen LogP) is 4.81. The molecule has 0 bridgehead atoms. The molecule has 0 atom stereocenters. The molecule has 24 heavy (non-hydrogen) atoms. The van der Waals surface area contributed by atoms with Crippen LogP contribution in [0, 0.1) is 11.6 Å². The summed E-state index contributed by atoms with van der Waals surface area (Å²) in [5, 5.41) is 3.01. The van der Waals surface area contributed by atoms with Crippen molar-refractivity contribution in [3.05, 3.63) is 17.2 Å². The maximum absolute atomic E-state index is 15.2. The standard InChI is InChI=1S/C17H22F2IN3O/c1-9(24)12-15(21)13(18)16(22-10-5-3-2-4-6-10)14(19)17(12)23(20)11-7-8-11/h10-11,22H,2-8,21H2,1H3. The number of hydrogen-bond acceptors (Lipinski definition) is 4. The molecule has 0 radical (unpaired) electrons. The highest BCUT2D eigenvalue weighted by atomic mass is 127. The Morgan fingerprint density at radius 2 is 1.79 bits per heavy atom. The van der Waals surface area contributed by atoms with Crippen molar-refractivity contribution in [2.24, 2.45) is 0 Å². The van der Waals surface area contributed by atoms with Crippen molar-refractivity contribution in [1.29, 1.82) is 0 Å². The van der Waals surface area contributed by atoms with E-state index in [2.05, 4.69) is 5.32 Å². The second-order valence-electron chi connectivity index (χ2n) is 6.72. The quantitative estimate of drug-likeness (QED) is 0.293. The van der Waals surface area contributed by atoms with E-state index in [0.717, 1.165) is 44.9 Å². The normalized spacial score (nSPS) is 18.5. The van der Waals surface area contributed by atoms with Crippen LogP contribution < -0.4 is 14.2 Å². The van der Waals surface area contributed by atoms with Crippen LogP contribution in [0.15, 0.2) is 0 Å². The van der Waals surface area contributed by atoms with Crippen molar-refractivity contribution in [2.45, 2.75) is 64.0 Å². The Kier molecular flexibility index (Phi) is 5.17. The van der Waals surface area contributed by atoms with Gasteiger partial charge in [-0.15, -0.1) is 0 Å². The van der Waals surface area contributed by atoms with Crippen LogP contribution in [0.3, 0.4) is 0 Å². The van der Waals surface area contributed by atoms with Crippen molar-refractivity contribution in [2.75, 3.05) is 14.2 Å². The van der Waals surface area contributed by atoms with Gasteiger partial charge in [-0.1, -0.05) is 19.3 Å². The van der Waals surface area contributed by atoms with Crippen LogP contribution in [0.4, 0.5) is 25.8 Å². The van der Waals surface area contributed by atoms with Crippen LogP contribution in [-0.2, 0) is 0 Å². The molecule has 3 N–H and O–H groups in total. The van der Waals surface area contributed by atoms with Gasteiger partial charge in [0.1, 0.15) is 5.69 Å². The van der Waals surface area contributed by atoms with E-state index in [0.29, 0.717) is 0 Å². The van der Waals surface area contributed by atoms with Gasteiger partial charge < -0.3 is 14.2 Å². The van der Waals surface area contributed by atoms with Gasteiger partial charge in [-0.05, 0) is 32.6 Å². The van der Waals surface area contributed by atoms with E-state index in [1.54, 1.807) is 3.11 Å². The number of nitrogens with one attached hydrogen (secondary N) is 1. The Labute approximate surface area is 154 Å². The van der Waals surface area contributed by atoms with Gasteiger partial charge in [-0.3, -0.25) is 4.79 Å². The monoisotopic (exact) mass is 449 g/mol. The van der Waals surface area contributed by atoms with Crippen molar-refractivity contribution in [3.8, 4) is 0 Å². The molecular weight excluding hydrogens is 427 g/mol. The molecule has 2 saturated carbocycles. The minimum Gasteiger partial charge on any atom is -0.396 e. The molecule has 3 rings (SSSR count). The lowest BCUT2D eigenvalue weighted by Gasteiger charge is -2.27. The summed E-state index contributed by atoms with van der Waals surface area (Å²) >= 11 is 2.00. The first kappa shape index (κ1) is 17.7. The number of anilines is 3. The summed E-state index contributed by atoms with van der Waals surface area (Å²) in [6.45, 7) is 1.29. The highest BCUT2D eigenvalue weighted by molar-refractivity contribution is 14.1. The number of hydrogen-bond donors (Lipinski definition) is 2. The molecule has 0 unspecified atom stereocenters. The molecule has 132 valence electrons. The first-order valence-electron chi connectivity index (χ1n) is 8.44. The predicted molar refractivity (Wildman–Crippen MR) is 101 cm³/mol. The summed E-state index contributed by atoms with van der Waals surface area (Å²) in [7, 11) is 0. The van der Waals surface area contributed by atoms with Crippen LogP contribution in [0.5, 0.6) is 0 Å². The third-order valence-electron chi connectivity index (χ3n) is 4.78. The minimum absolute atomic E-state index is 0.0433. The zero-order chi connectivity index (χ0) is 17.4. The van der Waals surface area contributed by atoms with Gasteiger partial charge in [-0.25, -0.2) is 8.78 Å². The van der Waals surface area contributed by atoms with Crippen LogP contribution in [0.1, 0.15) is 62.2 Å². The fourth-order valence-electron chi connectivity index (χ4n) is 3.32. The number of nitrogens with zero attached hydrogens (tertiary/aromatic N) is 1. The Balaban J connectivity index is 2.06. The van der Waals surface area contributed by atoms with Crippen molar-refractivity contribution >= 4 is 45.7 Å². The lowest BCUT2D eigenvalue weighted by molar-refractivity contribution is 0.101. The van der Waals surface area contributed by atoms with Gasteiger partial charge in [0.15, 0.2) is 17.4 Å². The number of halogens is 3. The third kappa shape index (κ3) is 3.32. The van der Waals surface area contributed by atoms with Crippen molar-refractivity contribution < 1.29 is 13.6 Å². The SMILES string of the molecule is CC(=O)c1c(N)c(F)c(NC2CCCCC2)c(F)c1N(I)C1CC1. The summed E-state index contributed by atoms with van der Waals surface area (Å²) in [5.74, 6) is -1.99. The third-order valence-corrected chi connectivity index (χ3v) is 6.05. The summed E-state index contributed by atoms with van der Waals surface area (Å²) < 4.78 is 31.6. The molecule has 2 aliphatic carbocycles. The molecule has 0 heterocycles. The van der Waals surface area contributed by atoms with Crippen molar-refractivity contribution in [3.63, 3.8) is 0 Å². The Morgan fingerprint density at radius 3 is 2.33 bits per heavy atom. The molecule has 1 aromatic rings. The molecule has 0 amide bonds. The molecule has 2 fully saturated rings.